The van der Waals surface area contributed by atoms with Gasteiger partial charge in [0.15, 0.2) is 0 Å². The summed E-state index contributed by atoms with van der Waals surface area (Å²) in [5, 5.41) is 0. The Balaban J connectivity index is 1.47. The minimum atomic E-state index is -4.42. The van der Waals surface area contributed by atoms with E-state index in [0.29, 0.717) is 43.1 Å². The molecule has 10 heteroatoms. The first-order valence-electron chi connectivity index (χ1n) is 10.9. The monoisotopic (exact) mass is 503 g/mol. The van der Waals surface area contributed by atoms with Crippen molar-refractivity contribution in [3.05, 3.63) is 89.5 Å². The summed E-state index contributed by atoms with van der Waals surface area (Å²) in [6.45, 7) is 2.97. The molecule has 184 valence electrons. The highest BCUT2D eigenvalue weighted by atomic mass is 32.2. The van der Waals surface area contributed by atoms with Gasteiger partial charge in [0, 0.05) is 43.1 Å². The molecule has 1 amide bonds. The topological polar surface area (TPSA) is 69.7 Å². The van der Waals surface area contributed by atoms with Gasteiger partial charge < -0.3 is 9.80 Å². The molecule has 1 fully saturated rings. The van der Waals surface area contributed by atoms with Gasteiger partial charge in [-0.05, 0) is 55.0 Å². The van der Waals surface area contributed by atoms with Crippen LogP contribution in [-0.2, 0) is 16.2 Å². The van der Waals surface area contributed by atoms with E-state index < -0.39 is 21.8 Å². The first-order chi connectivity index (χ1) is 16.5. The Morgan fingerprint density at radius 2 is 1.57 bits per heavy atom. The highest BCUT2D eigenvalue weighted by Gasteiger charge is 2.31. The molecular weight excluding hydrogens is 479 g/mol. The second-order valence-corrected chi connectivity index (χ2v) is 9.93. The number of aryl methyl sites for hydroxylation is 1. The van der Waals surface area contributed by atoms with E-state index >= 15 is 0 Å². The van der Waals surface area contributed by atoms with Gasteiger partial charge in [0.05, 0.1) is 10.5 Å². The predicted octanol–water partition coefficient (Wildman–Crippen LogP) is 4.78. The zero-order valence-corrected chi connectivity index (χ0v) is 19.7. The number of carbonyl (C=O) groups excluding carboxylic acids is 1. The van der Waals surface area contributed by atoms with Crippen molar-refractivity contribution < 1.29 is 26.4 Å². The SMILES string of the molecule is Cc1ccc(C(=O)N2CCN(c3cccc(C(F)(F)F)c3)CC2)cc1S(=O)(=O)Nc1ccccc1. The van der Waals surface area contributed by atoms with E-state index in [9.17, 15) is 26.4 Å². The summed E-state index contributed by atoms with van der Waals surface area (Å²) >= 11 is 0. The summed E-state index contributed by atoms with van der Waals surface area (Å²) in [5.74, 6) is -0.329. The highest BCUT2D eigenvalue weighted by Crippen LogP contribution is 2.32. The van der Waals surface area contributed by atoms with E-state index in [1.54, 1.807) is 65.3 Å². The minimum Gasteiger partial charge on any atom is -0.368 e. The number of rotatable bonds is 5. The number of alkyl halides is 3. The fraction of sp³-hybridized carbons (Fsp3) is 0.240. The van der Waals surface area contributed by atoms with Gasteiger partial charge in [0.25, 0.3) is 15.9 Å². The lowest BCUT2D eigenvalue weighted by Gasteiger charge is -2.36. The number of nitrogens with zero attached hydrogens (tertiary/aromatic N) is 2. The molecule has 3 aromatic rings. The number of anilines is 2. The summed E-state index contributed by atoms with van der Waals surface area (Å²) in [7, 11) is -3.91. The van der Waals surface area contributed by atoms with E-state index in [-0.39, 0.29) is 16.4 Å². The van der Waals surface area contributed by atoms with E-state index in [2.05, 4.69) is 4.72 Å². The van der Waals surface area contributed by atoms with Gasteiger partial charge in [-0.25, -0.2) is 8.42 Å². The second kappa shape index (κ2) is 9.61. The Bertz CT molecular complexity index is 1320. The average molecular weight is 504 g/mol. The number of amides is 1. The van der Waals surface area contributed by atoms with Crippen molar-refractivity contribution in [1.29, 1.82) is 0 Å². The summed E-state index contributed by atoms with van der Waals surface area (Å²) in [4.78, 5) is 16.5. The number of hydrogen-bond donors (Lipinski definition) is 1. The van der Waals surface area contributed by atoms with Crippen LogP contribution in [0.25, 0.3) is 0 Å². The minimum absolute atomic E-state index is 0.00908. The first kappa shape index (κ1) is 24.6. The number of hydrogen-bond acceptors (Lipinski definition) is 4. The van der Waals surface area contributed by atoms with Crippen LogP contribution in [-0.4, -0.2) is 45.4 Å². The van der Waals surface area contributed by atoms with Crippen molar-refractivity contribution in [3.63, 3.8) is 0 Å². The van der Waals surface area contributed by atoms with Crippen LogP contribution in [0.2, 0.25) is 0 Å². The molecule has 0 unspecified atom stereocenters. The van der Waals surface area contributed by atoms with Gasteiger partial charge >= 0.3 is 6.18 Å². The predicted molar refractivity (Wildman–Crippen MR) is 128 cm³/mol. The summed E-state index contributed by atoms with van der Waals surface area (Å²) in [6, 6.07) is 18.1. The highest BCUT2D eigenvalue weighted by molar-refractivity contribution is 7.92. The van der Waals surface area contributed by atoms with Crippen molar-refractivity contribution in [2.45, 2.75) is 18.0 Å². The Morgan fingerprint density at radius 1 is 0.886 bits per heavy atom. The second-order valence-electron chi connectivity index (χ2n) is 8.28. The van der Waals surface area contributed by atoms with Gasteiger partial charge in [-0.1, -0.05) is 30.3 Å². The van der Waals surface area contributed by atoms with Crippen LogP contribution >= 0.6 is 0 Å². The third kappa shape index (κ3) is 5.59. The van der Waals surface area contributed by atoms with E-state index in [0.717, 1.165) is 12.1 Å². The van der Waals surface area contributed by atoms with Crippen LogP contribution in [0.1, 0.15) is 21.5 Å². The number of para-hydroxylation sites is 1. The molecule has 0 bridgehead atoms. The Labute approximate surface area is 202 Å². The van der Waals surface area contributed by atoms with Gasteiger partial charge in [-0.2, -0.15) is 13.2 Å². The van der Waals surface area contributed by atoms with Crippen LogP contribution in [0.3, 0.4) is 0 Å². The zero-order chi connectivity index (χ0) is 25.2. The van der Waals surface area contributed by atoms with Crippen LogP contribution in [0.5, 0.6) is 0 Å². The maximum absolute atomic E-state index is 13.1. The lowest BCUT2D eigenvalue weighted by Crippen LogP contribution is -2.48. The Kier molecular flexibility index (Phi) is 6.75. The van der Waals surface area contributed by atoms with Crippen LogP contribution in [0.15, 0.2) is 77.7 Å². The molecule has 0 atom stereocenters. The number of nitrogens with one attached hydrogen (secondary N) is 1. The molecule has 1 saturated heterocycles. The lowest BCUT2D eigenvalue weighted by atomic mass is 10.1. The fourth-order valence-corrected chi connectivity index (χ4v) is 5.30. The zero-order valence-electron chi connectivity index (χ0n) is 18.9. The number of sulfonamides is 1. The fourth-order valence-electron chi connectivity index (χ4n) is 3.97. The summed E-state index contributed by atoms with van der Waals surface area (Å²) < 4.78 is 67.5. The molecule has 6 nitrogen and oxygen atoms in total. The van der Waals surface area contributed by atoms with Crippen molar-refractivity contribution in [1.82, 2.24) is 4.90 Å². The van der Waals surface area contributed by atoms with Crippen LogP contribution in [0.4, 0.5) is 24.5 Å². The van der Waals surface area contributed by atoms with Gasteiger partial charge in [-0.3, -0.25) is 9.52 Å². The number of piperazine rings is 1. The maximum atomic E-state index is 13.1. The Morgan fingerprint density at radius 3 is 2.23 bits per heavy atom. The van der Waals surface area contributed by atoms with E-state index in [1.165, 1.54) is 12.1 Å². The standard InChI is InChI=1S/C25H24F3N3O3S/c1-18-10-11-19(16-23(18)35(33,34)29-21-7-3-2-4-8-21)24(32)31-14-12-30(13-15-31)22-9-5-6-20(17-22)25(26,27)28/h2-11,16-17,29H,12-15H2,1H3. The van der Waals surface area contributed by atoms with Gasteiger partial charge in [0.1, 0.15) is 0 Å². The first-order valence-corrected chi connectivity index (χ1v) is 12.4. The van der Waals surface area contributed by atoms with E-state index in [4.69, 9.17) is 0 Å². The molecule has 1 heterocycles. The molecule has 0 aromatic heterocycles. The molecule has 1 aliphatic rings. The van der Waals surface area contributed by atoms with Crippen LogP contribution in [0, 0.1) is 6.92 Å². The molecule has 3 aromatic carbocycles. The quantitative estimate of drug-likeness (QED) is 0.544. The summed E-state index contributed by atoms with van der Waals surface area (Å²) in [6.07, 6.45) is -4.42. The molecule has 4 rings (SSSR count). The molecule has 0 spiro atoms. The lowest BCUT2D eigenvalue weighted by molar-refractivity contribution is -0.137. The molecule has 1 aliphatic heterocycles. The van der Waals surface area contributed by atoms with Crippen molar-refractivity contribution in [2.75, 3.05) is 35.8 Å². The van der Waals surface area contributed by atoms with Crippen molar-refractivity contribution in [3.8, 4) is 0 Å². The molecule has 35 heavy (non-hydrogen) atoms. The average Bonchev–Trinajstić information content (AvgIpc) is 2.84. The maximum Gasteiger partial charge on any atom is 0.416 e. The number of carbonyl (C=O) groups is 1. The van der Waals surface area contributed by atoms with Crippen molar-refractivity contribution >= 4 is 27.3 Å². The van der Waals surface area contributed by atoms with E-state index in [1.807, 2.05) is 0 Å². The third-order valence-corrected chi connectivity index (χ3v) is 7.38. The molecule has 0 radical (unpaired) electrons. The number of halogens is 3. The number of benzene rings is 3. The molecule has 0 aliphatic carbocycles. The smallest absolute Gasteiger partial charge is 0.368 e. The molecule has 0 saturated carbocycles. The Hall–Kier alpha value is -3.53. The van der Waals surface area contributed by atoms with Gasteiger partial charge in [0.2, 0.25) is 0 Å². The third-order valence-electron chi connectivity index (χ3n) is 5.86. The van der Waals surface area contributed by atoms with Crippen LogP contribution < -0.4 is 9.62 Å². The molecule has 1 N–H and O–H groups in total. The molecular formula is C25H24F3N3O3S. The normalized spacial score (nSPS) is 14.6. The largest absolute Gasteiger partial charge is 0.416 e. The summed E-state index contributed by atoms with van der Waals surface area (Å²) in [5.41, 5.74) is 0.874. The van der Waals surface area contributed by atoms with Crippen molar-refractivity contribution in [2.24, 2.45) is 0 Å². The van der Waals surface area contributed by atoms with Gasteiger partial charge in [-0.15, -0.1) is 0 Å².